The van der Waals surface area contributed by atoms with Crippen molar-refractivity contribution in [3.05, 3.63) is 22.2 Å². The summed E-state index contributed by atoms with van der Waals surface area (Å²) in [5, 5.41) is 2.97. The van der Waals surface area contributed by atoms with Gasteiger partial charge in [-0.1, -0.05) is 29.8 Å². The molecule has 0 aliphatic heterocycles. The van der Waals surface area contributed by atoms with Crippen LogP contribution in [0.1, 0.15) is 25.8 Å². The van der Waals surface area contributed by atoms with Crippen LogP contribution < -0.4 is 14.8 Å². The Morgan fingerprint density at radius 1 is 1.17 bits per heavy atom. The minimum atomic E-state index is 0.0115. The molecule has 5 nitrogen and oxygen atoms in total. The summed E-state index contributed by atoms with van der Waals surface area (Å²) < 4.78 is 11.4. The highest BCUT2D eigenvalue weighted by Gasteiger charge is 2.12. The molecule has 0 fully saturated rings. The Labute approximate surface area is 147 Å². The van der Waals surface area contributed by atoms with E-state index in [1.54, 1.807) is 14.2 Å². The maximum absolute atomic E-state index is 12.1. The molecule has 0 unspecified atom stereocenters. The molecule has 0 bridgehead atoms. The smallest absolute Gasteiger partial charge is 0.224 e. The number of hydrogen-bond acceptors (Lipinski definition) is 4. The third kappa shape index (κ3) is 6.39. The third-order valence-electron chi connectivity index (χ3n) is 3.77. The fourth-order valence-electron chi connectivity index (χ4n) is 2.34. The normalized spacial score (nSPS) is 10.7. The van der Waals surface area contributed by atoms with Crippen molar-refractivity contribution < 1.29 is 14.3 Å². The predicted octanol–water partition coefficient (Wildman–Crippen LogP) is 2.86. The van der Waals surface area contributed by atoms with Gasteiger partial charge in [0.1, 0.15) is 0 Å². The number of hydrogen-bond donors (Lipinski definition) is 1. The molecule has 0 radical (unpaired) electrons. The number of methoxy groups -OCH3 is 2. The van der Waals surface area contributed by atoms with Gasteiger partial charge < -0.3 is 19.7 Å². The highest BCUT2D eigenvalue weighted by molar-refractivity contribution is 9.10. The van der Waals surface area contributed by atoms with Crippen molar-refractivity contribution in [1.29, 1.82) is 0 Å². The molecule has 23 heavy (non-hydrogen) atoms. The van der Waals surface area contributed by atoms with Crippen molar-refractivity contribution in [3.8, 4) is 11.5 Å². The van der Waals surface area contributed by atoms with Gasteiger partial charge in [0.05, 0.1) is 20.6 Å². The monoisotopic (exact) mass is 386 g/mol. The largest absolute Gasteiger partial charge is 0.493 e. The second-order valence-electron chi connectivity index (χ2n) is 5.21. The summed E-state index contributed by atoms with van der Waals surface area (Å²) in [4.78, 5) is 14.4. The van der Waals surface area contributed by atoms with E-state index in [0.29, 0.717) is 24.5 Å². The molecule has 6 heteroatoms. The minimum absolute atomic E-state index is 0.0115. The topological polar surface area (TPSA) is 50.8 Å². The number of carbonyl (C=O) groups is 1. The highest BCUT2D eigenvalue weighted by Crippen LogP contribution is 2.33. The zero-order valence-corrected chi connectivity index (χ0v) is 16.0. The zero-order valence-electron chi connectivity index (χ0n) is 14.4. The number of nitrogens with zero attached hydrogens (tertiary/aromatic N) is 1. The highest BCUT2D eigenvalue weighted by atomic mass is 79.9. The minimum Gasteiger partial charge on any atom is -0.493 e. The van der Waals surface area contributed by atoms with Gasteiger partial charge in [0.2, 0.25) is 5.91 Å². The van der Waals surface area contributed by atoms with Gasteiger partial charge in [-0.2, -0.15) is 0 Å². The van der Waals surface area contributed by atoms with Crippen LogP contribution in [0.5, 0.6) is 11.5 Å². The van der Waals surface area contributed by atoms with Crippen molar-refractivity contribution in [2.75, 3.05) is 40.4 Å². The first-order chi connectivity index (χ1) is 11.0. The molecule has 130 valence electrons. The van der Waals surface area contributed by atoms with Crippen LogP contribution in [-0.4, -0.2) is 51.2 Å². The van der Waals surface area contributed by atoms with Crippen molar-refractivity contribution in [1.82, 2.24) is 10.2 Å². The Balaban J connectivity index is 2.51. The fourth-order valence-corrected chi connectivity index (χ4v) is 2.80. The summed E-state index contributed by atoms with van der Waals surface area (Å²) in [6, 6.07) is 3.65. The number of ether oxygens (including phenoxy) is 2. The average molecular weight is 387 g/mol. The third-order valence-corrected chi connectivity index (χ3v) is 4.51. The number of carbonyl (C=O) groups excluding carboxylic acids is 1. The van der Waals surface area contributed by atoms with Crippen LogP contribution in [-0.2, 0) is 11.2 Å². The molecule has 0 aromatic heterocycles. The Kier molecular flexibility index (Phi) is 9.02. The molecule has 0 aliphatic rings. The molecular formula is C17H27BrN2O3. The van der Waals surface area contributed by atoms with Crippen LogP contribution >= 0.6 is 15.9 Å². The predicted molar refractivity (Wildman–Crippen MR) is 96.4 cm³/mol. The molecule has 0 spiro atoms. The van der Waals surface area contributed by atoms with Crippen molar-refractivity contribution in [2.24, 2.45) is 0 Å². The van der Waals surface area contributed by atoms with Crippen LogP contribution in [0.15, 0.2) is 16.6 Å². The fraction of sp³-hybridized carbons (Fsp3) is 0.588. The Morgan fingerprint density at radius 2 is 1.78 bits per heavy atom. The number of nitrogens with one attached hydrogen (secondary N) is 1. The van der Waals surface area contributed by atoms with Crippen LogP contribution in [0, 0.1) is 0 Å². The van der Waals surface area contributed by atoms with Crippen LogP contribution in [0.3, 0.4) is 0 Å². The van der Waals surface area contributed by atoms with E-state index in [4.69, 9.17) is 9.47 Å². The molecule has 1 amide bonds. The van der Waals surface area contributed by atoms with Gasteiger partial charge in [-0.3, -0.25) is 4.79 Å². The molecule has 0 aliphatic carbocycles. The van der Waals surface area contributed by atoms with E-state index < -0.39 is 0 Å². The van der Waals surface area contributed by atoms with E-state index in [1.807, 2.05) is 12.1 Å². The van der Waals surface area contributed by atoms with E-state index >= 15 is 0 Å². The van der Waals surface area contributed by atoms with E-state index in [0.717, 1.165) is 36.1 Å². The van der Waals surface area contributed by atoms with Gasteiger partial charge in [0.15, 0.2) is 11.5 Å². The standard InChI is InChI=1S/C17H27BrN2O3/c1-5-20(6-2)9-7-8-19-17(21)11-13-10-15(22-3)16(23-4)12-14(13)18/h10,12H,5-9,11H2,1-4H3,(H,19,21). The van der Waals surface area contributed by atoms with Crippen LogP contribution in [0.2, 0.25) is 0 Å². The van der Waals surface area contributed by atoms with Gasteiger partial charge in [-0.15, -0.1) is 0 Å². The molecule has 0 saturated heterocycles. The lowest BCUT2D eigenvalue weighted by molar-refractivity contribution is -0.120. The van der Waals surface area contributed by atoms with Gasteiger partial charge in [-0.25, -0.2) is 0 Å². The summed E-state index contributed by atoms with van der Waals surface area (Å²) >= 11 is 3.48. The van der Waals surface area contributed by atoms with E-state index in [1.165, 1.54) is 0 Å². The summed E-state index contributed by atoms with van der Waals surface area (Å²) in [5.41, 5.74) is 0.879. The average Bonchev–Trinajstić information content (AvgIpc) is 2.56. The first-order valence-electron chi connectivity index (χ1n) is 7.95. The number of halogens is 1. The van der Waals surface area contributed by atoms with E-state index in [9.17, 15) is 4.79 Å². The number of rotatable bonds is 10. The molecule has 1 aromatic rings. The van der Waals surface area contributed by atoms with Gasteiger partial charge in [0.25, 0.3) is 0 Å². The van der Waals surface area contributed by atoms with Gasteiger partial charge in [-0.05, 0) is 43.8 Å². The molecule has 1 N–H and O–H groups in total. The molecule has 1 rings (SSSR count). The molecule has 1 aromatic carbocycles. The maximum Gasteiger partial charge on any atom is 0.224 e. The van der Waals surface area contributed by atoms with Gasteiger partial charge in [0, 0.05) is 11.0 Å². The van der Waals surface area contributed by atoms with Crippen LogP contribution in [0.25, 0.3) is 0 Å². The van der Waals surface area contributed by atoms with Crippen molar-refractivity contribution in [2.45, 2.75) is 26.7 Å². The number of benzene rings is 1. The van der Waals surface area contributed by atoms with E-state index in [-0.39, 0.29) is 5.91 Å². The number of amides is 1. The first kappa shape index (κ1) is 19.8. The lowest BCUT2D eigenvalue weighted by Gasteiger charge is -2.17. The summed E-state index contributed by atoms with van der Waals surface area (Å²) in [7, 11) is 3.18. The van der Waals surface area contributed by atoms with Crippen molar-refractivity contribution >= 4 is 21.8 Å². The summed E-state index contributed by atoms with van der Waals surface area (Å²) in [5.74, 6) is 1.28. The Hall–Kier alpha value is -1.27. The summed E-state index contributed by atoms with van der Waals surface area (Å²) in [6.45, 7) is 8.09. The molecular weight excluding hydrogens is 360 g/mol. The Morgan fingerprint density at radius 3 is 2.35 bits per heavy atom. The second-order valence-corrected chi connectivity index (χ2v) is 6.06. The second kappa shape index (κ2) is 10.5. The molecule has 0 atom stereocenters. The Bertz CT molecular complexity index is 505. The maximum atomic E-state index is 12.1. The molecule has 0 saturated carbocycles. The zero-order chi connectivity index (χ0) is 17.2. The first-order valence-corrected chi connectivity index (χ1v) is 8.74. The lowest BCUT2D eigenvalue weighted by Crippen LogP contribution is -2.30. The summed E-state index contributed by atoms with van der Waals surface area (Å²) in [6.07, 6.45) is 1.27. The quantitative estimate of drug-likeness (QED) is 0.628. The lowest BCUT2D eigenvalue weighted by atomic mass is 10.1. The van der Waals surface area contributed by atoms with Crippen molar-refractivity contribution in [3.63, 3.8) is 0 Å². The molecule has 0 heterocycles. The van der Waals surface area contributed by atoms with E-state index in [2.05, 4.69) is 40.0 Å². The van der Waals surface area contributed by atoms with Crippen LogP contribution in [0.4, 0.5) is 0 Å². The SMILES string of the molecule is CCN(CC)CCCNC(=O)Cc1cc(OC)c(OC)cc1Br. The van der Waals surface area contributed by atoms with Gasteiger partial charge >= 0.3 is 0 Å².